The number of carbonyl (C=O) groups is 1. The molecule has 3 aromatic carbocycles. The SMILES string of the molecule is COc1ccc(OC)c2c1C[C@@]1(Cc3cccc(C=O)c3C1)[C@H]2c1ccccc1. The predicted octanol–water partition coefficient (Wildman–Crippen LogP) is 4.99. The second-order valence-corrected chi connectivity index (χ2v) is 8.20. The van der Waals surface area contributed by atoms with Crippen LogP contribution in [0.5, 0.6) is 11.5 Å². The third-order valence-corrected chi connectivity index (χ3v) is 6.78. The average Bonchev–Trinajstić information content (AvgIpc) is 3.30. The Morgan fingerprint density at radius 3 is 2.28 bits per heavy atom. The Labute approximate surface area is 171 Å². The number of ether oxygens (including phenoxy) is 2. The molecule has 0 amide bonds. The molecule has 0 fully saturated rings. The summed E-state index contributed by atoms with van der Waals surface area (Å²) in [6.07, 6.45) is 3.75. The Hall–Kier alpha value is -3.07. The molecule has 2 aliphatic carbocycles. The Bertz CT molecular complexity index is 1090. The second-order valence-electron chi connectivity index (χ2n) is 8.20. The van der Waals surface area contributed by atoms with Crippen LogP contribution in [0.1, 0.15) is 44.1 Å². The van der Waals surface area contributed by atoms with Gasteiger partial charge in [-0.05, 0) is 53.5 Å². The first-order chi connectivity index (χ1) is 14.2. The van der Waals surface area contributed by atoms with Crippen molar-refractivity contribution in [1.29, 1.82) is 0 Å². The zero-order chi connectivity index (χ0) is 20.0. The van der Waals surface area contributed by atoms with E-state index in [4.69, 9.17) is 9.47 Å². The summed E-state index contributed by atoms with van der Waals surface area (Å²) in [4.78, 5) is 11.7. The standard InChI is InChI=1S/C26H24O3/c1-28-22-11-12-23(29-2)24-21(22)15-26(25(24)17-7-4-3-5-8-17)13-18-9-6-10-19(16-27)20(18)14-26/h3-12,16,25H,13-15H2,1-2H3/t25-,26-/m0/s1. The van der Waals surface area contributed by atoms with Gasteiger partial charge in [-0.2, -0.15) is 0 Å². The summed E-state index contributed by atoms with van der Waals surface area (Å²) in [6, 6.07) is 20.8. The fraction of sp³-hybridized carbons (Fsp3) is 0.269. The van der Waals surface area contributed by atoms with Crippen LogP contribution in [0.3, 0.4) is 0 Å². The zero-order valence-electron chi connectivity index (χ0n) is 16.8. The van der Waals surface area contributed by atoms with Crippen molar-refractivity contribution in [3.63, 3.8) is 0 Å². The third kappa shape index (κ3) is 2.61. The predicted molar refractivity (Wildman–Crippen MR) is 113 cm³/mol. The van der Waals surface area contributed by atoms with Gasteiger partial charge >= 0.3 is 0 Å². The van der Waals surface area contributed by atoms with Crippen molar-refractivity contribution >= 4 is 6.29 Å². The number of methoxy groups -OCH3 is 2. The van der Waals surface area contributed by atoms with E-state index in [1.165, 1.54) is 27.8 Å². The van der Waals surface area contributed by atoms with Crippen molar-refractivity contribution in [2.75, 3.05) is 14.2 Å². The van der Waals surface area contributed by atoms with Gasteiger partial charge in [-0.1, -0.05) is 48.5 Å². The molecule has 29 heavy (non-hydrogen) atoms. The Morgan fingerprint density at radius 2 is 1.55 bits per heavy atom. The largest absolute Gasteiger partial charge is 0.496 e. The number of rotatable bonds is 4. The van der Waals surface area contributed by atoms with Crippen LogP contribution in [0.25, 0.3) is 0 Å². The summed E-state index contributed by atoms with van der Waals surface area (Å²) in [7, 11) is 3.47. The average molecular weight is 384 g/mol. The van der Waals surface area contributed by atoms with Crippen molar-refractivity contribution in [2.45, 2.75) is 25.2 Å². The van der Waals surface area contributed by atoms with Crippen LogP contribution >= 0.6 is 0 Å². The molecule has 0 unspecified atom stereocenters. The van der Waals surface area contributed by atoms with Crippen LogP contribution in [0.2, 0.25) is 0 Å². The maximum Gasteiger partial charge on any atom is 0.150 e. The van der Waals surface area contributed by atoms with Gasteiger partial charge in [-0.15, -0.1) is 0 Å². The van der Waals surface area contributed by atoms with E-state index in [1.54, 1.807) is 14.2 Å². The van der Waals surface area contributed by atoms with Gasteiger partial charge in [0.15, 0.2) is 0 Å². The fourth-order valence-corrected chi connectivity index (χ4v) is 5.69. The quantitative estimate of drug-likeness (QED) is 0.595. The first-order valence-electron chi connectivity index (χ1n) is 10.1. The number of hydrogen-bond donors (Lipinski definition) is 0. The normalized spacial score (nSPS) is 21.7. The van der Waals surface area contributed by atoms with Crippen LogP contribution in [-0.2, 0) is 19.3 Å². The molecule has 0 bridgehead atoms. The lowest BCUT2D eigenvalue weighted by Crippen LogP contribution is -2.28. The Balaban J connectivity index is 1.74. The summed E-state index contributed by atoms with van der Waals surface area (Å²) in [5.74, 6) is 2.03. The van der Waals surface area contributed by atoms with Crippen molar-refractivity contribution in [2.24, 2.45) is 5.41 Å². The highest BCUT2D eigenvalue weighted by atomic mass is 16.5. The van der Waals surface area contributed by atoms with Crippen LogP contribution in [0.15, 0.2) is 60.7 Å². The topological polar surface area (TPSA) is 35.5 Å². The Morgan fingerprint density at radius 1 is 0.828 bits per heavy atom. The number of carbonyl (C=O) groups excluding carboxylic acids is 1. The highest BCUT2D eigenvalue weighted by Crippen LogP contribution is 2.61. The minimum Gasteiger partial charge on any atom is -0.496 e. The summed E-state index contributed by atoms with van der Waals surface area (Å²) < 4.78 is 11.6. The molecular formula is C26H24O3. The summed E-state index contributed by atoms with van der Waals surface area (Å²) in [5.41, 5.74) is 7.06. The molecule has 0 aliphatic heterocycles. The van der Waals surface area contributed by atoms with E-state index in [2.05, 4.69) is 36.4 Å². The van der Waals surface area contributed by atoms with Gasteiger partial charge in [-0.25, -0.2) is 0 Å². The molecule has 0 radical (unpaired) electrons. The summed E-state index contributed by atoms with van der Waals surface area (Å²) in [6.45, 7) is 0. The molecule has 2 aliphatic rings. The molecule has 0 heterocycles. The lowest BCUT2D eigenvalue weighted by molar-refractivity contribution is 0.112. The first-order valence-corrected chi connectivity index (χ1v) is 10.1. The van der Waals surface area contributed by atoms with Crippen LogP contribution in [0, 0.1) is 5.41 Å². The van der Waals surface area contributed by atoms with E-state index in [-0.39, 0.29) is 11.3 Å². The lowest BCUT2D eigenvalue weighted by Gasteiger charge is -2.32. The molecule has 0 N–H and O–H groups in total. The van der Waals surface area contributed by atoms with E-state index in [0.717, 1.165) is 42.6 Å². The second kappa shape index (κ2) is 6.77. The molecule has 3 aromatic rings. The van der Waals surface area contributed by atoms with Gasteiger partial charge in [0.2, 0.25) is 0 Å². The molecule has 5 rings (SSSR count). The minimum atomic E-state index is -0.0208. The Kier molecular flexibility index (Phi) is 4.20. The molecule has 0 saturated heterocycles. The zero-order valence-corrected chi connectivity index (χ0v) is 16.8. The lowest BCUT2D eigenvalue weighted by atomic mass is 9.70. The molecule has 3 heteroatoms. The first kappa shape index (κ1) is 18.0. The van der Waals surface area contributed by atoms with E-state index in [0.29, 0.717) is 0 Å². The van der Waals surface area contributed by atoms with E-state index >= 15 is 0 Å². The van der Waals surface area contributed by atoms with Gasteiger partial charge < -0.3 is 9.47 Å². The van der Waals surface area contributed by atoms with Crippen LogP contribution in [0.4, 0.5) is 0 Å². The monoisotopic (exact) mass is 384 g/mol. The van der Waals surface area contributed by atoms with Crippen molar-refractivity contribution in [3.05, 3.63) is 94.0 Å². The van der Waals surface area contributed by atoms with E-state index in [1.807, 2.05) is 24.3 Å². The molecule has 3 nitrogen and oxygen atoms in total. The highest BCUT2D eigenvalue weighted by Gasteiger charge is 2.52. The van der Waals surface area contributed by atoms with Gasteiger partial charge in [0, 0.05) is 22.6 Å². The van der Waals surface area contributed by atoms with E-state index < -0.39 is 0 Å². The number of benzene rings is 3. The third-order valence-electron chi connectivity index (χ3n) is 6.78. The molecule has 0 aromatic heterocycles. The van der Waals surface area contributed by atoms with Gasteiger partial charge in [0.25, 0.3) is 0 Å². The van der Waals surface area contributed by atoms with Crippen molar-refractivity contribution in [3.8, 4) is 11.5 Å². The maximum atomic E-state index is 11.7. The highest BCUT2D eigenvalue weighted by molar-refractivity contribution is 5.79. The van der Waals surface area contributed by atoms with Crippen LogP contribution < -0.4 is 9.47 Å². The number of fused-ring (bicyclic) bond motifs is 2. The van der Waals surface area contributed by atoms with Gasteiger partial charge in [0.1, 0.15) is 17.8 Å². The summed E-state index contributed by atoms with van der Waals surface area (Å²) >= 11 is 0. The molecule has 1 spiro atoms. The number of aldehydes is 1. The fourth-order valence-electron chi connectivity index (χ4n) is 5.69. The summed E-state index contributed by atoms with van der Waals surface area (Å²) in [5, 5.41) is 0. The minimum absolute atomic E-state index is 0.0208. The smallest absolute Gasteiger partial charge is 0.150 e. The van der Waals surface area contributed by atoms with Crippen molar-refractivity contribution < 1.29 is 14.3 Å². The molecule has 146 valence electrons. The number of hydrogen-bond acceptors (Lipinski definition) is 3. The van der Waals surface area contributed by atoms with Gasteiger partial charge in [-0.3, -0.25) is 4.79 Å². The molecular weight excluding hydrogens is 360 g/mol. The maximum absolute atomic E-state index is 11.7. The van der Waals surface area contributed by atoms with E-state index in [9.17, 15) is 4.79 Å². The van der Waals surface area contributed by atoms with Crippen LogP contribution in [-0.4, -0.2) is 20.5 Å². The molecule has 2 atom stereocenters. The van der Waals surface area contributed by atoms with Gasteiger partial charge in [0.05, 0.1) is 14.2 Å². The molecule has 0 saturated carbocycles. The van der Waals surface area contributed by atoms with Crippen molar-refractivity contribution in [1.82, 2.24) is 0 Å².